The second-order valence-electron chi connectivity index (χ2n) is 3.82. The molecule has 2 heterocycles. The van der Waals surface area contributed by atoms with Crippen LogP contribution in [-0.2, 0) is 10.0 Å². The van der Waals surface area contributed by atoms with E-state index in [0.29, 0.717) is 17.3 Å². The molecule has 0 radical (unpaired) electrons. The van der Waals surface area contributed by atoms with Gasteiger partial charge in [-0.1, -0.05) is 0 Å². The molecule has 1 saturated heterocycles. The zero-order valence-electron chi connectivity index (χ0n) is 8.60. The summed E-state index contributed by atoms with van der Waals surface area (Å²) in [4.78, 5) is 0. The van der Waals surface area contributed by atoms with E-state index in [9.17, 15) is 8.42 Å². The molecule has 1 fully saturated rings. The summed E-state index contributed by atoms with van der Waals surface area (Å²) in [7, 11) is -3.33. The Kier molecular flexibility index (Phi) is 3.70. The first-order valence-corrected chi connectivity index (χ1v) is 8.06. The molecule has 0 unspecified atom stereocenters. The van der Waals surface area contributed by atoms with Crippen LogP contribution in [0, 0.1) is 0 Å². The molecule has 0 amide bonds. The fraction of sp³-hybridized carbons (Fsp3) is 0.556. The summed E-state index contributed by atoms with van der Waals surface area (Å²) >= 11 is 4.51. The van der Waals surface area contributed by atoms with E-state index in [1.165, 1.54) is 15.6 Å². The third-order valence-corrected chi connectivity index (χ3v) is 6.52. The highest BCUT2D eigenvalue weighted by molar-refractivity contribution is 9.11. The summed E-state index contributed by atoms with van der Waals surface area (Å²) in [5.41, 5.74) is 5.79. The van der Waals surface area contributed by atoms with Gasteiger partial charge in [-0.2, -0.15) is 4.31 Å². The van der Waals surface area contributed by atoms with Crippen LogP contribution in [0.1, 0.15) is 12.8 Å². The number of hydrogen-bond donors (Lipinski definition) is 1. The van der Waals surface area contributed by atoms with Crippen molar-refractivity contribution in [2.75, 3.05) is 13.1 Å². The SMILES string of the molecule is N[C@@H]1CCCN(S(=O)(=O)c2ccc(Br)s2)C1. The first-order chi connectivity index (χ1) is 7.50. The van der Waals surface area contributed by atoms with Gasteiger partial charge in [-0.05, 0) is 40.9 Å². The van der Waals surface area contributed by atoms with Crippen molar-refractivity contribution in [3.8, 4) is 0 Å². The molecule has 1 aliphatic rings. The molecule has 0 bridgehead atoms. The zero-order valence-corrected chi connectivity index (χ0v) is 11.8. The number of thiophene rings is 1. The first kappa shape index (κ1) is 12.5. The van der Waals surface area contributed by atoms with Gasteiger partial charge in [0, 0.05) is 19.1 Å². The summed E-state index contributed by atoms with van der Waals surface area (Å²) in [6, 6.07) is 3.35. The fourth-order valence-corrected chi connectivity index (χ4v) is 5.46. The van der Waals surface area contributed by atoms with Gasteiger partial charge in [0.2, 0.25) is 0 Å². The highest BCUT2D eigenvalue weighted by Crippen LogP contribution is 2.29. The van der Waals surface area contributed by atoms with Crippen LogP contribution in [0.5, 0.6) is 0 Å². The van der Waals surface area contributed by atoms with Crippen molar-refractivity contribution < 1.29 is 8.42 Å². The normalized spacial score (nSPS) is 23.5. The third-order valence-electron chi connectivity index (χ3n) is 2.56. The molecule has 0 saturated carbocycles. The van der Waals surface area contributed by atoms with Crippen molar-refractivity contribution in [2.45, 2.75) is 23.1 Å². The van der Waals surface area contributed by atoms with Gasteiger partial charge in [0.15, 0.2) is 0 Å². The van der Waals surface area contributed by atoms with Gasteiger partial charge in [0.1, 0.15) is 4.21 Å². The molecular weight excluding hydrogens is 312 g/mol. The summed E-state index contributed by atoms with van der Waals surface area (Å²) < 4.78 is 27.1. The lowest BCUT2D eigenvalue weighted by molar-refractivity contribution is 0.316. The third kappa shape index (κ3) is 2.48. The second kappa shape index (κ2) is 4.73. The van der Waals surface area contributed by atoms with E-state index < -0.39 is 10.0 Å². The Bertz CT molecular complexity index is 472. The monoisotopic (exact) mass is 324 g/mol. The average Bonchev–Trinajstić information content (AvgIpc) is 2.65. The number of sulfonamides is 1. The molecule has 7 heteroatoms. The van der Waals surface area contributed by atoms with E-state index in [1.54, 1.807) is 12.1 Å². The molecule has 0 aromatic carbocycles. The predicted molar refractivity (Wildman–Crippen MR) is 68.0 cm³/mol. The molecule has 16 heavy (non-hydrogen) atoms. The van der Waals surface area contributed by atoms with Crippen molar-refractivity contribution in [3.05, 3.63) is 15.9 Å². The number of nitrogens with zero attached hydrogens (tertiary/aromatic N) is 1. The molecule has 1 atom stereocenters. The van der Waals surface area contributed by atoms with Gasteiger partial charge in [-0.15, -0.1) is 11.3 Å². The quantitative estimate of drug-likeness (QED) is 0.899. The molecule has 1 aliphatic heterocycles. The van der Waals surface area contributed by atoms with Gasteiger partial charge in [-0.3, -0.25) is 0 Å². The number of rotatable bonds is 2. The summed E-state index contributed by atoms with van der Waals surface area (Å²) in [5, 5.41) is 0. The van der Waals surface area contributed by atoms with Gasteiger partial charge in [0.05, 0.1) is 3.79 Å². The molecule has 2 rings (SSSR count). The Hall–Kier alpha value is 0.0500. The van der Waals surface area contributed by atoms with E-state index in [2.05, 4.69) is 15.9 Å². The van der Waals surface area contributed by atoms with Crippen LogP contribution in [0.4, 0.5) is 0 Å². The zero-order chi connectivity index (χ0) is 11.8. The van der Waals surface area contributed by atoms with Gasteiger partial charge in [-0.25, -0.2) is 8.42 Å². The molecular formula is C9H13BrN2O2S2. The molecule has 1 aromatic heterocycles. The highest BCUT2D eigenvalue weighted by atomic mass is 79.9. The van der Waals surface area contributed by atoms with E-state index in [4.69, 9.17) is 5.73 Å². The molecule has 1 aromatic rings. The summed E-state index contributed by atoms with van der Waals surface area (Å²) in [6.07, 6.45) is 1.74. The van der Waals surface area contributed by atoms with Crippen molar-refractivity contribution >= 4 is 37.3 Å². The summed E-state index contributed by atoms with van der Waals surface area (Å²) in [6.45, 7) is 1.00. The van der Waals surface area contributed by atoms with Crippen molar-refractivity contribution in [3.63, 3.8) is 0 Å². The number of nitrogens with two attached hydrogens (primary N) is 1. The Morgan fingerprint density at radius 3 is 2.81 bits per heavy atom. The van der Waals surface area contributed by atoms with E-state index in [0.717, 1.165) is 16.6 Å². The van der Waals surface area contributed by atoms with Crippen molar-refractivity contribution in [2.24, 2.45) is 5.73 Å². The second-order valence-corrected chi connectivity index (χ2v) is 8.45. The van der Waals surface area contributed by atoms with E-state index >= 15 is 0 Å². The van der Waals surface area contributed by atoms with E-state index in [-0.39, 0.29) is 6.04 Å². The lowest BCUT2D eigenvalue weighted by Gasteiger charge is -2.29. The minimum Gasteiger partial charge on any atom is -0.327 e. The first-order valence-electron chi connectivity index (χ1n) is 5.01. The molecule has 4 nitrogen and oxygen atoms in total. The Labute approximate surface area is 108 Å². The molecule has 2 N–H and O–H groups in total. The summed E-state index contributed by atoms with van der Waals surface area (Å²) in [5.74, 6) is 0. The minimum atomic E-state index is -3.33. The lowest BCUT2D eigenvalue weighted by Crippen LogP contribution is -2.45. The highest BCUT2D eigenvalue weighted by Gasteiger charge is 2.29. The maximum absolute atomic E-state index is 12.2. The smallest absolute Gasteiger partial charge is 0.252 e. The predicted octanol–water partition coefficient (Wildman–Crippen LogP) is 1.62. The molecule has 0 aliphatic carbocycles. The van der Waals surface area contributed by atoms with Crippen LogP contribution >= 0.6 is 27.3 Å². The lowest BCUT2D eigenvalue weighted by atomic mass is 10.1. The van der Waals surface area contributed by atoms with Crippen LogP contribution in [-0.4, -0.2) is 31.9 Å². The van der Waals surface area contributed by atoms with Crippen LogP contribution in [0.15, 0.2) is 20.1 Å². The average molecular weight is 325 g/mol. The Morgan fingerprint density at radius 2 is 2.25 bits per heavy atom. The minimum absolute atomic E-state index is 0.0353. The maximum Gasteiger partial charge on any atom is 0.252 e. The van der Waals surface area contributed by atoms with Gasteiger partial charge < -0.3 is 5.73 Å². The van der Waals surface area contributed by atoms with Crippen LogP contribution in [0.3, 0.4) is 0 Å². The number of halogens is 1. The molecule has 0 spiro atoms. The molecule has 90 valence electrons. The van der Waals surface area contributed by atoms with Crippen LogP contribution < -0.4 is 5.73 Å². The Morgan fingerprint density at radius 1 is 1.50 bits per heavy atom. The van der Waals surface area contributed by atoms with Crippen molar-refractivity contribution in [1.82, 2.24) is 4.31 Å². The van der Waals surface area contributed by atoms with Crippen LogP contribution in [0.2, 0.25) is 0 Å². The largest absolute Gasteiger partial charge is 0.327 e. The van der Waals surface area contributed by atoms with Crippen molar-refractivity contribution in [1.29, 1.82) is 0 Å². The fourth-order valence-electron chi connectivity index (χ4n) is 1.76. The number of piperidine rings is 1. The van der Waals surface area contributed by atoms with Crippen LogP contribution in [0.25, 0.3) is 0 Å². The van der Waals surface area contributed by atoms with Gasteiger partial charge >= 0.3 is 0 Å². The Balaban J connectivity index is 2.25. The maximum atomic E-state index is 12.2. The van der Waals surface area contributed by atoms with E-state index in [1.807, 2.05) is 0 Å². The standard InChI is InChI=1S/C9H13BrN2O2S2/c10-8-3-4-9(15-8)16(13,14)12-5-1-2-7(11)6-12/h3-4,7H,1-2,5-6,11H2/t7-/m1/s1. The number of hydrogen-bond acceptors (Lipinski definition) is 4. The van der Waals surface area contributed by atoms with Gasteiger partial charge in [0.25, 0.3) is 10.0 Å². The topological polar surface area (TPSA) is 63.4 Å².